The second kappa shape index (κ2) is 5.30. The van der Waals surface area contributed by atoms with Gasteiger partial charge in [-0.2, -0.15) is 0 Å². The van der Waals surface area contributed by atoms with E-state index in [-0.39, 0.29) is 5.82 Å². The summed E-state index contributed by atoms with van der Waals surface area (Å²) in [4.78, 5) is 12.8. The van der Waals surface area contributed by atoms with Crippen molar-refractivity contribution in [3.05, 3.63) is 58.0 Å². The van der Waals surface area contributed by atoms with Crippen LogP contribution in [0.1, 0.15) is 16.8 Å². The first-order chi connectivity index (χ1) is 10.7. The van der Waals surface area contributed by atoms with Crippen molar-refractivity contribution in [1.29, 1.82) is 0 Å². The number of rotatable bonds is 2. The second-order valence-electron chi connectivity index (χ2n) is 5.66. The van der Waals surface area contributed by atoms with Gasteiger partial charge in [-0.3, -0.25) is 4.90 Å². The van der Waals surface area contributed by atoms with E-state index in [0.29, 0.717) is 4.77 Å². The van der Waals surface area contributed by atoms with Crippen molar-refractivity contribution in [1.82, 2.24) is 19.9 Å². The van der Waals surface area contributed by atoms with Crippen LogP contribution in [-0.4, -0.2) is 26.4 Å². The number of aromatic nitrogens is 3. The molecule has 0 atom stereocenters. The van der Waals surface area contributed by atoms with Crippen LogP contribution in [0.4, 0.5) is 4.39 Å². The zero-order valence-electron chi connectivity index (χ0n) is 11.9. The van der Waals surface area contributed by atoms with Gasteiger partial charge in [-0.05, 0) is 48.0 Å². The van der Waals surface area contributed by atoms with Crippen molar-refractivity contribution < 1.29 is 4.39 Å². The molecule has 2 N–H and O–H groups in total. The molecule has 0 fully saturated rings. The zero-order chi connectivity index (χ0) is 15.1. The summed E-state index contributed by atoms with van der Waals surface area (Å²) in [5.74, 6) is -0.215. The van der Waals surface area contributed by atoms with Gasteiger partial charge in [0.2, 0.25) is 0 Å². The molecule has 0 amide bonds. The van der Waals surface area contributed by atoms with Crippen molar-refractivity contribution >= 4 is 23.1 Å². The number of hydrogen-bond donors (Lipinski definition) is 2. The smallest absolute Gasteiger partial charge is 0.196 e. The van der Waals surface area contributed by atoms with Gasteiger partial charge in [-0.15, -0.1) is 0 Å². The third kappa shape index (κ3) is 2.44. The Bertz CT molecular complexity index is 899. The number of fused-ring (bicyclic) bond motifs is 2. The van der Waals surface area contributed by atoms with Gasteiger partial charge in [0.1, 0.15) is 5.82 Å². The monoisotopic (exact) mass is 314 g/mol. The number of hydrogen-bond acceptors (Lipinski definition) is 3. The Kier molecular flexibility index (Phi) is 3.28. The minimum Gasteiger partial charge on any atom is -0.361 e. The summed E-state index contributed by atoms with van der Waals surface area (Å²) in [6, 6.07) is 4.88. The summed E-state index contributed by atoms with van der Waals surface area (Å²) < 4.78 is 13.8. The molecule has 4 rings (SSSR count). The fourth-order valence-electron chi connectivity index (χ4n) is 3.06. The highest BCUT2D eigenvalue weighted by Crippen LogP contribution is 2.23. The van der Waals surface area contributed by atoms with Gasteiger partial charge < -0.3 is 9.97 Å². The number of benzene rings is 1. The predicted octanol–water partition coefficient (Wildman–Crippen LogP) is 3.32. The molecule has 1 aliphatic rings. The van der Waals surface area contributed by atoms with E-state index >= 15 is 0 Å². The predicted molar refractivity (Wildman–Crippen MR) is 85.5 cm³/mol. The maximum Gasteiger partial charge on any atom is 0.196 e. The number of halogens is 1. The van der Waals surface area contributed by atoms with E-state index < -0.39 is 0 Å². The SMILES string of the molecule is Fc1ccc2c(CN3CCc4cnc(=S)[nH]c4C3)c[nH]c2c1. The second-order valence-corrected chi connectivity index (χ2v) is 6.04. The molecule has 1 aromatic carbocycles. The highest BCUT2D eigenvalue weighted by Gasteiger charge is 2.18. The molecule has 3 heterocycles. The molecule has 1 aliphatic heterocycles. The van der Waals surface area contributed by atoms with E-state index in [2.05, 4.69) is 19.9 Å². The summed E-state index contributed by atoms with van der Waals surface area (Å²) in [5.41, 5.74) is 4.42. The average molecular weight is 314 g/mol. The summed E-state index contributed by atoms with van der Waals surface area (Å²) in [6.45, 7) is 2.64. The Balaban J connectivity index is 1.60. The Morgan fingerprint density at radius 2 is 2.27 bits per heavy atom. The van der Waals surface area contributed by atoms with Crippen LogP contribution in [0.25, 0.3) is 10.9 Å². The number of aromatic amines is 2. The van der Waals surface area contributed by atoms with E-state index in [1.807, 2.05) is 18.5 Å². The Morgan fingerprint density at radius 1 is 1.36 bits per heavy atom. The van der Waals surface area contributed by atoms with Gasteiger partial charge in [0.15, 0.2) is 4.77 Å². The highest BCUT2D eigenvalue weighted by molar-refractivity contribution is 7.71. The number of nitrogens with zero attached hydrogens (tertiary/aromatic N) is 2. The molecule has 0 aliphatic carbocycles. The van der Waals surface area contributed by atoms with Crippen LogP contribution in [0.5, 0.6) is 0 Å². The first-order valence-electron chi connectivity index (χ1n) is 7.24. The van der Waals surface area contributed by atoms with Gasteiger partial charge in [0, 0.05) is 48.6 Å². The van der Waals surface area contributed by atoms with Crippen molar-refractivity contribution in [2.75, 3.05) is 6.54 Å². The van der Waals surface area contributed by atoms with E-state index in [1.54, 1.807) is 0 Å². The number of nitrogens with one attached hydrogen (secondary N) is 2. The molecule has 0 unspecified atom stereocenters. The van der Waals surface area contributed by atoms with Crippen molar-refractivity contribution in [2.24, 2.45) is 0 Å². The highest BCUT2D eigenvalue weighted by atomic mass is 32.1. The molecule has 0 spiro atoms. The van der Waals surface area contributed by atoms with Crippen molar-refractivity contribution in [3.8, 4) is 0 Å². The lowest BCUT2D eigenvalue weighted by molar-refractivity contribution is 0.242. The molecular formula is C16H15FN4S. The molecule has 112 valence electrons. The minimum atomic E-state index is -0.215. The van der Waals surface area contributed by atoms with Crippen LogP contribution >= 0.6 is 12.2 Å². The van der Waals surface area contributed by atoms with Crippen LogP contribution in [-0.2, 0) is 19.5 Å². The van der Waals surface area contributed by atoms with Crippen LogP contribution in [0, 0.1) is 10.6 Å². The van der Waals surface area contributed by atoms with Crippen LogP contribution in [0.2, 0.25) is 0 Å². The largest absolute Gasteiger partial charge is 0.361 e. The standard InChI is InChI=1S/C16H15FN4S/c17-12-1-2-13-11(7-18-14(13)5-12)8-21-4-3-10-6-19-16(22)20-15(10)9-21/h1-2,5-7,18H,3-4,8-9H2,(H,19,20,22). The summed E-state index contributed by atoms with van der Waals surface area (Å²) in [6.07, 6.45) is 4.81. The summed E-state index contributed by atoms with van der Waals surface area (Å²) in [7, 11) is 0. The summed E-state index contributed by atoms with van der Waals surface area (Å²) in [5, 5.41) is 1.08. The Morgan fingerprint density at radius 3 is 3.18 bits per heavy atom. The van der Waals surface area contributed by atoms with Gasteiger partial charge in [-0.1, -0.05) is 0 Å². The lowest BCUT2D eigenvalue weighted by Crippen LogP contribution is -2.30. The molecule has 6 heteroatoms. The molecule has 4 nitrogen and oxygen atoms in total. The molecule has 2 aromatic heterocycles. The van der Waals surface area contributed by atoms with Crippen LogP contribution in [0.3, 0.4) is 0 Å². The minimum absolute atomic E-state index is 0.215. The first kappa shape index (κ1) is 13.6. The fraction of sp³-hybridized carbons (Fsp3) is 0.250. The lowest BCUT2D eigenvalue weighted by Gasteiger charge is -2.27. The van der Waals surface area contributed by atoms with E-state index in [4.69, 9.17) is 12.2 Å². The molecule has 22 heavy (non-hydrogen) atoms. The molecule has 0 saturated heterocycles. The summed E-state index contributed by atoms with van der Waals surface area (Å²) >= 11 is 5.10. The number of H-pyrrole nitrogens is 2. The Hall–Kier alpha value is -2.05. The maximum absolute atomic E-state index is 13.3. The zero-order valence-corrected chi connectivity index (χ0v) is 12.7. The third-order valence-corrected chi connectivity index (χ3v) is 4.39. The molecule has 0 saturated carbocycles. The van der Waals surface area contributed by atoms with Gasteiger partial charge in [0.25, 0.3) is 0 Å². The van der Waals surface area contributed by atoms with Crippen LogP contribution < -0.4 is 0 Å². The molecule has 0 radical (unpaired) electrons. The van der Waals surface area contributed by atoms with Crippen molar-refractivity contribution in [3.63, 3.8) is 0 Å². The van der Waals surface area contributed by atoms with Gasteiger partial charge in [-0.25, -0.2) is 9.37 Å². The third-order valence-electron chi connectivity index (χ3n) is 4.19. The topological polar surface area (TPSA) is 47.7 Å². The van der Waals surface area contributed by atoms with E-state index in [1.165, 1.54) is 23.3 Å². The van der Waals surface area contributed by atoms with E-state index in [0.717, 1.165) is 42.7 Å². The van der Waals surface area contributed by atoms with E-state index in [9.17, 15) is 4.39 Å². The Labute approximate surface area is 132 Å². The van der Waals surface area contributed by atoms with Gasteiger partial charge >= 0.3 is 0 Å². The fourth-order valence-corrected chi connectivity index (χ4v) is 3.23. The molecule has 3 aromatic rings. The average Bonchev–Trinajstić information content (AvgIpc) is 2.89. The molecular weight excluding hydrogens is 299 g/mol. The quantitative estimate of drug-likeness (QED) is 0.713. The van der Waals surface area contributed by atoms with Crippen LogP contribution in [0.15, 0.2) is 30.6 Å². The first-order valence-corrected chi connectivity index (χ1v) is 7.65. The van der Waals surface area contributed by atoms with Crippen molar-refractivity contribution in [2.45, 2.75) is 19.5 Å². The maximum atomic E-state index is 13.3. The molecule has 0 bridgehead atoms. The lowest BCUT2D eigenvalue weighted by atomic mass is 10.1. The van der Waals surface area contributed by atoms with Gasteiger partial charge in [0.05, 0.1) is 0 Å². The normalized spacial score (nSPS) is 15.1.